The van der Waals surface area contributed by atoms with Gasteiger partial charge in [-0.25, -0.2) is 9.59 Å². The van der Waals surface area contributed by atoms with Gasteiger partial charge in [0, 0.05) is 36.8 Å². The van der Waals surface area contributed by atoms with E-state index in [1.54, 1.807) is 11.0 Å². The summed E-state index contributed by atoms with van der Waals surface area (Å²) in [6.45, 7) is 1.12. The van der Waals surface area contributed by atoms with Crippen LogP contribution in [-0.2, 0) is 0 Å². The van der Waals surface area contributed by atoms with Crippen LogP contribution in [0.3, 0.4) is 0 Å². The molecule has 1 atom stereocenters. The number of H-pyrrole nitrogens is 1. The lowest BCUT2D eigenvalue weighted by molar-refractivity contribution is 0.0789. The summed E-state index contributed by atoms with van der Waals surface area (Å²) in [7, 11) is 0. The minimum absolute atomic E-state index is 0.0234. The van der Waals surface area contributed by atoms with Crippen molar-refractivity contribution in [3.8, 4) is 0 Å². The Labute approximate surface area is 168 Å². The summed E-state index contributed by atoms with van der Waals surface area (Å²) in [5, 5.41) is 5.88. The predicted octanol–water partition coefficient (Wildman–Crippen LogP) is 2.12. The highest BCUT2D eigenvalue weighted by atomic mass is 16.2. The molecule has 1 aromatic carbocycles. The van der Waals surface area contributed by atoms with Crippen molar-refractivity contribution in [2.24, 2.45) is 0 Å². The van der Waals surface area contributed by atoms with Gasteiger partial charge in [0.15, 0.2) is 0 Å². The van der Waals surface area contributed by atoms with Gasteiger partial charge in [-0.05, 0) is 50.3 Å². The molecule has 0 bridgehead atoms. The second kappa shape index (κ2) is 7.24. The highest BCUT2D eigenvalue weighted by Crippen LogP contribution is 2.31. The van der Waals surface area contributed by atoms with E-state index >= 15 is 0 Å². The first-order valence-electron chi connectivity index (χ1n) is 10.7. The average Bonchev–Trinajstić information content (AvgIpc) is 3.10. The third-order valence-electron chi connectivity index (χ3n) is 6.38. The van der Waals surface area contributed by atoms with Crippen LogP contribution in [0.1, 0.15) is 61.3 Å². The molecule has 1 unspecified atom stereocenters. The third kappa shape index (κ3) is 3.63. The van der Waals surface area contributed by atoms with Gasteiger partial charge in [0.25, 0.3) is 5.91 Å². The number of imidazole rings is 1. The van der Waals surface area contributed by atoms with Crippen LogP contribution < -0.4 is 16.3 Å². The number of likely N-dealkylation sites (tertiary alicyclic amines) is 1. The maximum Gasteiger partial charge on any atom is 0.326 e. The summed E-state index contributed by atoms with van der Waals surface area (Å²) < 4.78 is 1.85. The molecule has 2 aromatic rings. The SMILES string of the molecule is O=C(NC1CC1)NC1CCN(C(=O)c2ccc3c(c2)[nH]c(=O)n3C2CCCC2)C1. The lowest BCUT2D eigenvalue weighted by Gasteiger charge is -2.18. The first-order chi connectivity index (χ1) is 14.1. The van der Waals surface area contributed by atoms with Crippen LogP contribution >= 0.6 is 0 Å². The Morgan fingerprint density at radius 3 is 2.52 bits per heavy atom. The zero-order valence-corrected chi connectivity index (χ0v) is 16.4. The summed E-state index contributed by atoms with van der Waals surface area (Å²) in [6, 6.07) is 5.89. The number of nitrogens with zero attached hydrogens (tertiary/aromatic N) is 2. The first-order valence-corrected chi connectivity index (χ1v) is 10.7. The Bertz CT molecular complexity index is 999. The van der Waals surface area contributed by atoms with Crippen LogP contribution in [0.25, 0.3) is 11.0 Å². The quantitative estimate of drug-likeness (QED) is 0.737. The largest absolute Gasteiger partial charge is 0.337 e. The number of rotatable bonds is 4. The number of carbonyl (C=O) groups is 2. The standard InChI is InChI=1S/C21H27N5O3/c27-19(25-10-9-15(12-25)23-20(28)22-14-6-7-14)13-5-8-18-17(11-13)24-21(29)26(18)16-3-1-2-4-16/h5,8,11,14-16H,1-4,6-7,9-10,12H2,(H,24,29)(H2,22,23,28). The molecule has 29 heavy (non-hydrogen) atoms. The third-order valence-corrected chi connectivity index (χ3v) is 6.38. The van der Waals surface area contributed by atoms with Crippen molar-refractivity contribution < 1.29 is 9.59 Å². The van der Waals surface area contributed by atoms with Gasteiger partial charge in [-0.1, -0.05) is 12.8 Å². The van der Waals surface area contributed by atoms with Gasteiger partial charge in [-0.2, -0.15) is 0 Å². The van der Waals surface area contributed by atoms with E-state index in [1.807, 2.05) is 16.7 Å². The zero-order valence-electron chi connectivity index (χ0n) is 16.4. The lowest BCUT2D eigenvalue weighted by Crippen LogP contribution is -2.44. The van der Waals surface area contributed by atoms with E-state index in [0.29, 0.717) is 30.2 Å². The Kier molecular flexibility index (Phi) is 4.56. The normalized spacial score (nSPS) is 22.3. The van der Waals surface area contributed by atoms with Crippen molar-refractivity contribution in [2.45, 2.75) is 63.1 Å². The van der Waals surface area contributed by atoms with Crippen LogP contribution in [-0.4, -0.2) is 51.6 Å². The van der Waals surface area contributed by atoms with Gasteiger partial charge in [-0.15, -0.1) is 0 Å². The van der Waals surface area contributed by atoms with Crippen LogP contribution in [0.15, 0.2) is 23.0 Å². The lowest BCUT2D eigenvalue weighted by atomic mass is 10.1. The van der Waals surface area contributed by atoms with Crippen molar-refractivity contribution in [1.29, 1.82) is 0 Å². The Morgan fingerprint density at radius 2 is 1.76 bits per heavy atom. The molecular formula is C21H27N5O3. The molecule has 5 rings (SSSR count). The van der Waals surface area contributed by atoms with Gasteiger partial charge >= 0.3 is 11.7 Å². The van der Waals surface area contributed by atoms with Gasteiger partial charge in [0.2, 0.25) is 0 Å². The summed E-state index contributed by atoms with van der Waals surface area (Å²) in [5.41, 5.74) is 2.06. The van der Waals surface area contributed by atoms with E-state index < -0.39 is 0 Å². The van der Waals surface area contributed by atoms with Crippen LogP contribution in [0.5, 0.6) is 0 Å². The fraction of sp³-hybridized carbons (Fsp3) is 0.571. The average molecular weight is 397 g/mol. The maximum atomic E-state index is 13.0. The monoisotopic (exact) mass is 397 g/mol. The molecule has 3 aliphatic rings. The summed E-state index contributed by atoms with van der Waals surface area (Å²) in [5.74, 6) is -0.0618. The Hall–Kier alpha value is -2.77. The van der Waals surface area contributed by atoms with E-state index in [4.69, 9.17) is 0 Å². The number of urea groups is 1. The molecule has 2 aliphatic carbocycles. The molecule has 8 nitrogen and oxygen atoms in total. The molecule has 3 amide bonds. The number of nitrogens with one attached hydrogen (secondary N) is 3. The molecule has 2 saturated carbocycles. The first kappa shape index (κ1) is 18.3. The summed E-state index contributed by atoms with van der Waals surface area (Å²) >= 11 is 0. The molecule has 3 N–H and O–H groups in total. The molecule has 154 valence electrons. The van der Waals surface area contributed by atoms with Gasteiger partial charge < -0.3 is 20.5 Å². The minimum atomic E-state index is -0.140. The molecule has 3 fully saturated rings. The molecule has 0 spiro atoms. The Morgan fingerprint density at radius 1 is 1.00 bits per heavy atom. The van der Waals surface area contributed by atoms with E-state index in [2.05, 4.69) is 15.6 Å². The molecule has 0 radical (unpaired) electrons. The van der Waals surface area contributed by atoms with Crippen molar-refractivity contribution in [1.82, 2.24) is 25.1 Å². The summed E-state index contributed by atoms with van der Waals surface area (Å²) in [4.78, 5) is 42.0. The van der Waals surface area contributed by atoms with Crippen LogP contribution in [0, 0.1) is 0 Å². The number of fused-ring (bicyclic) bond motifs is 1. The van der Waals surface area contributed by atoms with Crippen LogP contribution in [0.4, 0.5) is 4.79 Å². The fourth-order valence-corrected chi connectivity index (χ4v) is 4.67. The Balaban J connectivity index is 1.28. The zero-order chi connectivity index (χ0) is 20.0. The van der Waals surface area contributed by atoms with Gasteiger partial charge in [0.1, 0.15) is 0 Å². The number of aromatic nitrogens is 2. The fourth-order valence-electron chi connectivity index (χ4n) is 4.67. The van der Waals surface area contributed by atoms with Crippen molar-refractivity contribution in [3.05, 3.63) is 34.2 Å². The topological polar surface area (TPSA) is 99.2 Å². The smallest absolute Gasteiger partial charge is 0.326 e. The number of benzene rings is 1. The predicted molar refractivity (Wildman–Crippen MR) is 109 cm³/mol. The minimum Gasteiger partial charge on any atom is -0.337 e. The number of carbonyl (C=O) groups excluding carboxylic acids is 2. The van der Waals surface area contributed by atoms with Gasteiger partial charge in [0.05, 0.1) is 11.0 Å². The highest BCUT2D eigenvalue weighted by Gasteiger charge is 2.30. The molecular weight excluding hydrogens is 370 g/mol. The summed E-state index contributed by atoms with van der Waals surface area (Å²) in [6.07, 6.45) is 7.23. The van der Waals surface area contributed by atoms with E-state index in [-0.39, 0.29) is 29.7 Å². The molecule has 1 saturated heterocycles. The van der Waals surface area contributed by atoms with Crippen LogP contribution in [0.2, 0.25) is 0 Å². The molecule has 1 aromatic heterocycles. The van der Waals surface area contributed by atoms with Crippen molar-refractivity contribution in [3.63, 3.8) is 0 Å². The number of aromatic amines is 1. The molecule has 2 heterocycles. The van der Waals surface area contributed by atoms with E-state index in [0.717, 1.165) is 50.5 Å². The number of hydrogen-bond acceptors (Lipinski definition) is 3. The number of hydrogen-bond donors (Lipinski definition) is 3. The van der Waals surface area contributed by atoms with Crippen molar-refractivity contribution in [2.75, 3.05) is 13.1 Å². The maximum absolute atomic E-state index is 13.0. The van der Waals surface area contributed by atoms with E-state index in [1.165, 1.54) is 0 Å². The second-order valence-electron chi connectivity index (χ2n) is 8.60. The number of amides is 3. The van der Waals surface area contributed by atoms with E-state index in [9.17, 15) is 14.4 Å². The highest BCUT2D eigenvalue weighted by molar-refractivity contribution is 5.97. The van der Waals surface area contributed by atoms with Crippen molar-refractivity contribution >= 4 is 23.0 Å². The second-order valence-corrected chi connectivity index (χ2v) is 8.60. The van der Waals surface area contributed by atoms with Gasteiger partial charge in [-0.3, -0.25) is 9.36 Å². The molecule has 8 heteroatoms. The molecule has 1 aliphatic heterocycles.